The molecule has 112 valence electrons. The Hall–Kier alpha value is -2.14. The summed E-state index contributed by atoms with van der Waals surface area (Å²) < 4.78 is 0. The molecular formula is C16H22N4O. The molecule has 1 heterocycles. The number of rotatable bonds is 4. The summed E-state index contributed by atoms with van der Waals surface area (Å²) in [5, 5.41) is 1.83. The molecule has 1 amide bonds. The van der Waals surface area contributed by atoms with E-state index in [1.54, 1.807) is 18.0 Å². The molecule has 0 atom stereocenters. The number of nitrogen functional groups attached to an aromatic ring is 1. The Morgan fingerprint density at radius 1 is 1.38 bits per heavy atom. The number of carbonyl (C=O) groups excluding carboxylic acids is 1. The molecular weight excluding hydrogens is 264 g/mol. The average Bonchev–Trinajstić information content (AvgIpc) is 2.52. The SMILES string of the molecule is CCC(C)(C)N(C)C(=O)c1cc2ccccc2c(NN)n1. The maximum Gasteiger partial charge on any atom is 0.272 e. The lowest BCUT2D eigenvalue weighted by Gasteiger charge is -2.34. The number of amides is 1. The fraction of sp³-hybridized carbons (Fsp3) is 0.375. The molecule has 0 unspecified atom stereocenters. The summed E-state index contributed by atoms with van der Waals surface area (Å²) in [6.45, 7) is 6.13. The van der Waals surface area contributed by atoms with Crippen molar-refractivity contribution >= 4 is 22.5 Å². The Kier molecular flexibility index (Phi) is 4.14. The summed E-state index contributed by atoms with van der Waals surface area (Å²) in [5.74, 6) is 5.94. The van der Waals surface area contributed by atoms with Crippen molar-refractivity contribution in [2.75, 3.05) is 12.5 Å². The van der Waals surface area contributed by atoms with Crippen LogP contribution in [-0.2, 0) is 0 Å². The van der Waals surface area contributed by atoms with Gasteiger partial charge in [-0.25, -0.2) is 10.8 Å². The lowest BCUT2D eigenvalue weighted by molar-refractivity contribution is 0.0614. The molecule has 0 radical (unpaired) electrons. The smallest absolute Gasteiger partial charge is 0.272 e. The summed E-state index contributed by atoms with van der Waals surface area (Å²) in [4.78, 5) is 18.7. The van der Waals surface area contributed by atoms with E-state index in [2.05, 4.69) is 17.3 Å². The van der Waals surface area contributed by atoms with Crippen LogP contribution in [0, 0.1) is 0 Å². The zero-order valence-corrected chi connectivity index (χ0v) is 13.0. The van der Waals surface area contributed by atoms with Gasteiger partial charge in [0.25, 0.3) is 5.91 Å². The van der Waals surface area contributed by atoms with Crippen molar-refractivity contribution in [2.45, 2.75) is 32.7 Å². The molecule has 0 saturated heterocycles. The summed E-state index contributed by atoms with van der Waals surface area (Å²) in [7, 11) is 1.80. The predicted molar refractivity (Wildman–Crippen MR) is 86.0 cm³/mol. The van der Waals surface area contributed by atoms with Crippen molar-refractivity contribution in [3.63, 3.8) is 0 Å². The first kappa shape index (κ1) is 15.3. The van der Waals surface area contributed by atoms with Crippen LogP contribution in [0.4, 0.5) is 5.82 Å². The van der Waals surface area contributed by atoms with Crippen molar-refractivity contribution in [1.29, 1.82) is 0 Å². The van der Waals surface area contributed by atoms with E-state index in [-0.39, 0.29) is 11.4 Å². The number of nitrogens with one attached hydrogen (secondary N) is 1. The summed E-state index contributed by atoms with van der Waals surface area (Å²) in [6.07, 6.45) is 0.866. The van der Waals surface area contributed by atoms with Gasteiger partial charge in [-0.1, -0.05) is 31.2 Å². The van der Waals surface area contributed by atoms with Crippen LogP contribution >= 0.6 is 0 Å². The maximum absolute atomic E-state index is 12.7. The largest absolute Gasteiger partial charge is 0.335 e. The van der Waals surface area contributed by atoms with Crippen LogP contribution in [0.15, 0.2) is 30.3 Å². The number of hydrogen-bond donors (Lipinski definition) is 2. The number of pyridine rings is 1. The highest BCUT2D eigenvalue weighted by molar-refractivity contribution is 6.00. The molecule has 21 heavy (non-hydrogen) atoms. The molecule has 0 aliphatic heterocycles. The number of benzene rings is 1. The average molecular weight is 286 g/mol. The molecule has 2 aromatic rings. The van der Waals surface area contributed by atoms with Crippen molar-refractivity contribution in [3.8, 4) is 0 Å². The second-order valence-corrected chi connectivity index (χ2v) is 5.75. The standard InChI is InChI=1S/C16H22N4O/c1-5-16(2,3)20(4)15(21)13-10-11-8-6-7-9-12(11)14(18-13)19-17/h6-10H,5,17H2,1-4H3,(H,18,19). The van der Waals surface area contributed by atoms with Gasteiger partial charge < -0.3 is 10.3 Å². The van der Waals surface area contributed by atoms with Gasteiger partial charge in [-0.05, 0) is 31.7 Å². The van der Waals surface area contributed by atoms with Gasteiger partial charge in [0.1, 0.15) is 11.5 Å². The number of carbonyl (C=O) groups is 1. The zero-order chi connectivity index (χ0) is 15.6. The number of aromatic nitrogens is 1. The van der Waals surface area contributed by atoms with E-state index in [9.17, 15) is 4.79 Å². The molecule has 0 saturated carbocycles. The van der Waals surface area contributed by atoms with Gasteiger partial charge in [0.2, 0.25) is 0 Å². The summed E-state index contributed by atoms with van der Waals surface area (Å²) in [6, 6.07) is 9.51. The van der Waals surface area contributed by atoms with Crippen molar-refractivity contribution in [3.05, 3.63) is 36.0 Å². The highest BCUT2D eigenvalue weighted by atomic mass is 16.2. The third-order valence-electron chi connectivity index (χ3n) is 4.17. The molecule has 0 bridgehead atoms. The summed E-state index contributed by atoms with van der Waals surface area (Å²) >= 11 is 0. The fourth-order valence-corrected chi connectivity index (χ4v) is 2.10. The minimum atomic E-state index is -0.222. The van der Waals surface area contributed by atoms with Crippen LogP contribution in [0.5, 0.6) is 0 Å². The fourth-order valence-electron chi connectivity index (χ4n) is 2.10. The van der Waals surface area contributed by atoms with Crippen molar-refractivity contribution in [2.24, 2.45) is 5.84 Å². The van der Waals surface area contributed by atoms with E-state index in [1.807, 2.05) is 38.1 Å². The predicted octanol–water partition coefficient (Wildman–Crippen LogP) is 2.78. The van der Waals surface area contributed by atoms with Gasteiger partial charge in [-0.15, -0.1) is 0 Å². The van der Waals surface area contributed by atoms with E-state index in [0.717, 1.165) is 17.2 Å². The molecule has 1 aromatic carbocycles. The Labute approximate surface area is 125 Å². The van der Waals surface area contributed by atoms with E-state index < -0.39 is 0 Å². The Morgan fingerprint density at radius 3 is 2.67 bits per heavy atom. The molecule has 5 nitrogen and oxygen atoms in total. The van der Waals surface area contributed by atoms with Crippen LogP contribution < -0.4 is 11.3 Å². The third kappa shape index (κ3) is 2.83. The third-order valence-corrected chi connectivity index (χ3v) is 4.17. The number of anilines is 1. The van der Waals surface area contributed by atoms with E-state index >= 15 is 0 Å². The lowest BCUT2D eigenvalue weighted by atomic mass is 9.99. The number of fused-ring (bicyclic) bond motifs is 1. The first-order valence-corrected chi connectivity index (χ1v) is 7.05. The highest BCUT2D eigenvalue weighted by Gasteiger charge is 2.27. The van der Waals surface area contributed by atoms with Crippen LogP contribution in [0.1, 0.15) is 37.7 Å². The first-order valence-electron chi connectivity index (χ1n) is 7.05. The molecule has 1 aromatic heterocycles. The number of hydrazine groups is 1. The molecule has 0 fully saturated rings. The topological polar surface area (TPSA) is 71.2 Å². The van der Waals surface area contributed by atoms with Crippen molar-refractivity contribution in [1.82, 2.24) is 9.88 Å². The number of nitrogens with two attached hydrogens (primary N) is 1. The molecule has 0 aliphatic rings. The summed E-state index contributed by atoms with van der Waals surface area (Å²) in [5.41, 5.74) is 2.75. The maximum atomic E-state index is 12.7. The molecule has 2 rings (SSSR count). The van der Waals surface area contributed by atoms with Gasteiger partial charge >= 0.3 is 0 Å². The van der Waals surface area contributed by atoms with Gasteiger partial charge in [-0.2, -0.15) is 0 Å². The molecule has 3 N–H and O–H groups in total. The quantitative estimate of drug-likeness (QED) is 0.669. The van der Waals surface area contributed by atoms with Crippen LogP contribution in [-0.4, -0.2) is 28.4 Å². The van der Waals surface area contributed by atoms with E-state index in [0.29, 0.717) is 11.5 Å². The van der Waals surface area contributed by atoms with E-state index in [1.165, 1.54) is 0 Å². The second-order valence-electron chi connectivity index (χ2n) is 5.75. The number of hydrogen-bond acceptors (Lipinski definition) is 4. The van der Waals surface area contributed by atoms with Gasteiger partial charge in [0.15, 0.2) is 0 Å². The molecule has 5 heteroatoms. The monoisotopic (exact) mass is 286 g/mol. The second kappa shape index (κ2) is 5.69. The molecule has 0 aliphatic carbocycles. The van der Waals surface area contributed by atoms with Gasteiger partial charge in [-0.3, -0.25) is 4.79 Å². The van der Waals surface area contributed by atoms with Crippen LogP contribution in [0.3, 0.4) is 0 Å². The van der Waals surface area contributed by atoms with E-state index in [4.69, 9.17) is 5.84 Å². The van der Waals surface area contributed by atoms with Crippen molar-refractivity contribution < 1.29 is 4.79 Å². The normalized spacial score (nSPS) is 11.5. The lowest BCUT2D eigenvalue weighted by Crippen LogP contribution is -2.44. The highest BCUT2D eigenvalue weighted by Crippen LogP contribution is 2.24. The van der Waals surface area contributed by atoms with Gasteiger partial charge in [0, 0.05) is 18.0 Å². The molecule has 0 spiro atoms. The van der Waals surface area contributed by atoms with Gasteiger partial charge in [0.05, 0.1) is 0 Å². The van der Waals surface area contributed by atoms with Crippen LogP contribution in [0.2, 0.25) is 0 Å². The first-order chi connectivity index (χ1) is 9.90. The zero-order valence-electron chi connectivity index (χ0n) is 13.0. The Balaban J connectivity index is 2.49. The van der Waals surface area contributed by atoms with Crippen LogP contribution in [0.25, 0.3) is 10.8 Å². The Morgan fingerprint density at radius 2 is 2.05 bits per heavy atom. The minimum absolute atomic E-state index is 0.107. The Bertz CT molecular complexity index is 666. The number of nitrogens with zero attached hydrogens (tertiary/aromatic N) is 2. The minimum Gasteiger partial charge on any atom is -0.335 e.